The molecule has 0 heterocycles. The van der Waals surface area contributed by atoms with E-state index >= 15 is 0 Å². The summed E-state index contributed by atoms with van der Waals surface area (Å²) in [5.74, 6) is 0. The Bertz CT molecular complexity index is 173. The van der Waals surface area contributed by atoms with E-state index < -0.39 is 6.03 Å². The molecule has 90 valence electrons. The maximum atomic E-state index is 10.6. The molecule has 0 saturated heterocycles. The Morgan fingerprint density at radius 2 is 1.53 bits per heavy atom. The number of rotatable bonds is 5. The van der Waals surface area contributed by atoms with Crippen LogP contribution in [-0.2, 0) is 0 Å². The highest BCUT2D eigenvalue weighted by Gasteiger charge is 1.94. The summed E-state index contributed by atoms with van der Waals surface area (Å²) in [5, 5.41) is 7.52. The van der Waals surface area contributed by atoms with Crippen LogP contribution in [0.15, 0.2) is 0 Å². The zero-order valence-electron chi connectivity index (χ0n) is 9.72. The predicted molar refractivity (Wildman–Crippen MR) is 60.6 cm³/mol. The van der Waals surface area contributed by atoms with E-state index in [4.69, 9.17) is 5.73 Å². The normalized spacial score (nSPS) is 8.20. The molecule has 5 N–H and O–H groups in total. The Morgan fingerprint density at radius 3 is 1.93 bits per heavy atom. The molecule has 0 spiro atoms. The smallest absolute Gasteiger partial charge is 0.314 e. The van der Waals surface area contributed by atoms with Crippen LogP contribution in [0.3, 0.4) is 0 Å². The number of carbonyl (C=O) groups is 2. The van der Waals surface area contributed by atoms with Gasteiger partial charge in [-0.05, 0) is 12.8 Å². The lowest BCUT2D eigenvalue weighted by atomic mass is 10.3. The molecule has 6 nitrogen and oxygen atoms in total. The summed E-state index contributed by atoms with van der Waals surface area (Å²) in [6, 6.07) is -0.706. The molecular formula is C9H22N4O2. The van der Waals surface area contributed by atoms with E-state index in [1.165, 1.54) is 0 Å². The third kappa shape index (κ3) is 15.3. The Hall–Kier alpha value is -1.46. The molecular weight excluding hydrogens is 196 g/mol. The van der Waals surface area contributed by atoms with Crippen molar-refractivity contribution < 1.29 is 9.59 Å². The van der Waals surface area contributed by atoms with Gasteiger partial charge in [0.05, 0.1) is 0 Å². The summed E-state index contributed by atoms with van der Waals surface area (Å²) in [6.45, 7) is 5.14. The van der Waals surface area contributed by atoms with Crippen molar-refractivity contribution in [1.82, 2.24) is 16.0 Å². The lowest BCUT2D eigenvalue weighted by molar-refractivity contribution is 0.242. The molecule has 0 aromatic carbocycles. The maximum absolute atomic E-state index is 10.6. The maximum Gasteiger partial charge on any atom is 0.314 e. The van der Waals surface area contributed by atoms with E-state index in [1.54, 1.807) is 7.05 Å². The summed E-state index contributed by atoms with van der Waals surface area (Å²) in [7, 11) is 1.56. The van der Waals surface area contributed by atoms with Crippen LogP contribution in [0.1, 0.15) is 26.7 Å². The van der Waals surface area contributed by atoms with Crippen molar-refractivity contribution in [1.29, 1.82) is 0 Å². The molecule has 0 rings (SSSR count). The SMILES string of the molecule is CC.CNC(=O)NCCCCNC(N)=O. The minimum Gasteiger partial charge on any atom is -0.352 e. The number of hydrogen-bond acceptors (Lipinski definition) is 2. The van der Waals surface area contributed by atoms with Crippen molar-refractivity contribution in [3.05, 3.63) is 0 Å². The highest BCUT2D eigenvalue weighted by molar-refractivity contribution is 5.73. The second-order valence-corrected chi connectivity index (χ2v) is 2.50. The standard InChI is InChI=1S/C7H16N4O2.C2H6/c1-9-7(13)11-5-3-2-4-10-6(8)12;1-2/h2-5H2,1H3,(H3,8,10,12)(H2,9,11,13);1-2H3. The van der Waals surface area contributed by atoms with Gasteiger partial charge < -0.3 is 21.7 Å². The molecule has 0 aliphatic heterocycles. The van der Waals surface area contributed by atoms with Crippen LogP contribution < -0.4 is 21.7 Å². The van der Waals surface area contributed by atoms with Gasteiger partial charge in [0.25, 0.3) is 0 Å². The molecule has 0 bridgehead atoms. The number of carbonyl (C=O) groups excluding carboxylic acids is 2. The number of nitrogens with one attached hydrogen (secondary N) is 3. The van der Waals surface area contributed by atoms with Crippen molar-refractivity contribution in [3.63, 3.8) is 0 Å². The summed E-state index contributed by atoms with van der Waals surface area (Å²) in [4.78, 5) is 20.9. The van der Waals surface area contributed by atoms with Gasteiger partial charge in [-0.1, -0.05) is 13.8 Å². The third-order valence-electron chi connectivity index (χ3n) is 1.42. The van der Waals surface area contributed by atoms with Gasteiger partial charge in [0.15, 0.2) is 0 Å². The Balaban J connectivity index is 0. The Morgan fingerprint density at radius 1 is 1.07 bits per heavy atom. The van der Waals surface area contributed by atoms with E-state index in [2.05, 4.69) is 16.0 Å². The highest BCUT2D eigenvalue weighted by Crippen LogP contribution is 1.83. The van der Waals surface area contributed by atoms with Crippen LogP contribution >= 0.6 is 0 Å². The van der Waals surface area contributed by atoms with Crippen LogP contribution in [0.5, 0.6) is 0 Å². The van der Waals surface area contributed by atoms with Crippen molar-refractivity contribution in [2.75, 3.05) is 20.1 Å². The number of nitrogens with two attached hydrogens (primary N) is 1. The van der Waals surface area contributed by atoms with Crippen molar-refractivity contribution >= 4 is 12.1 Å². The van der Waals surface area contributed by atoms with Crippen LogP contribution in [0.2, 0.25) is 0 Å². The van der Waals surface area contributed by atoms with E-state index in [0.29, 0.717) is 13.1 Å². The largest absolute Gasteiger partial charge is 0.352 e. The van der Waals surface area contributed by atoms with Gasteiger partial charge in [0.2, 0.25) is 0 Å². The second-order valence-electron chi connectivity index (χ2n) is 2.50. The third-order valence-corrected chi connectivity index (χ3v) is 1.42. The Labute approximate surface area is 91.0 Å². The van der Waals surface area contributed by atoms with E-state index in [-0.39, 0.29) is 6.03 Å². The van der Waals surface area contributed by atoms with E-state index in [9.17, 15) is 9.59 Å². The van der Waals surface area contributed by atoms with Gasteiger partial charge >= 0.3 is 12.1 Å². The van der Waals surface area contributed by atoms with Crippen molar-refractivity contribution in [2.45, 2.75) is 26.7 Å². The van der Waals surface area contributed by atoms with Gasteiger partial charge in [0, 0.05) is 20.1 Å². The predicted octanol–water partition coefficient (Wildman–Crippen LogP) is 0.390. The van der Waals surface area contributed by atoms with Crippen LogP contribution in [-0.4, -0.2) is 32.2 Å². The Kier molecular flexibility index (Phi) is 13.4. The molecule has 0 aliphatic rings. The van der Waals surface area contributed by atoms with Gasteiger partial charge in [-0.15, -0.1) is 0 Å². The zero-order chi connectivity index (χ0) is 12.1. The first-order valence-electron chi connectivity index (χ1n) is 5.15. The lowest BCUT2D eigenvalue weighted by Gasteiger charge is -2.04. The highest BCUT2D eigenvalue weighted by atomic mass is 16.2. The van der Waals surface area contributed by atoms with E-state index in [0.717, 1.165) is 12.8 Å². The van der Waals surface area contributed by atoms with Crippen molar-refractivity contribution in [3.8, 4) is 0 Å². The summed E-state index contributed by atoms with van der Waals surface area (Å²) >= 11 is 0. The van der Waals surface area contributed by atoms with E-state index in [1.807, 2.05) is 13.8 Å². The number of hydrogen-bond donors (Lipinski definition) is 4. The fourth-order valence-corrected chi connectivity index (χ4v) is 0.752. The second kappa shape index (κ2) is 12.5. The van der Waals surface area contributed by atoms with Crippen LogP contribution in [0, 0.1) is 0 Å². The fraction of sp³-hybridized carbons (Fsp3) is 0.778. The fourth-order valence-electron chi connectivity index (χ4n) is 0.752. The van der Waals surface area contributed by atoms with Crippen LogP contribution in [0.25, 0.3) is 0 Å². The first-order valence-corrected chi connectivity index (χ1v) is 5.15. The molecule has 0 unspecified atom stereocenters. The van der Waals surface area contributed by atoms with Gasteiger partial charge in [-0.2, -0.15) is 0 Å². The monoisotopic (exact) mass is 218 g/mol. The minimum absolute atomic E-state index is 0.192. The molecule has 0 aromatic rings. The number of unbranched alkanes of at least 4 members (excludes halogenated alkanes) is 1. The first kappa shape index (κ1) is 16.0. The number of amides is 4. The quantitative estimate of drug-likeness (QED) is 0.502. The molecule has 0 atom stereocenters. The molecule has 0 aliphatic carbocycles. The molecule has 6 heteroatoms. The molecule has 0 radical (unpaired) electrons. The van der Waals surface area contributed by atoms with Crippen LogP contribution in [0.4, 0.5) is 9.59 Å². The zero-order valence-corrected chi connectivity index (χ0v) is 9.72. The molecule has 4 amide bonds. The number of primary amides is 1. The van der Waals surface area contributed by atoms with Gasteiger partial charge in [0.1, 0.15) is 0 Å². The van der Waals surface area contributed by atoms with Crippen molar-refractivity contribution in [2.24, 2.45) is 5.73 Å². The van der Waals surface area contributed by atoms with Gasteiger partial charge in [-0.25, -0.2) is 9.59 Å². The lowest BCUT2D eigenvalue weighted by Crippen LogP contribution is -2.34. The summed E-state index contributed by atoms with van der Waals surface area (Å²) in [5.41, 5.74) is 4.85. The molecule has 0 saturated carbocycles. The first-order chi connectivity index (χ1) is 7.16. The molecule has 0 fully saturated rings. The minimum atomic E-state index is -0.515. The molecule has 15 heavy (non-hydrogen) atoms. The topological polar surface area (TPSA) is 96.2 Å². The molecule has 0 aromatic heterocycles. The summed E-state index contributed by atoms with van der Waals surface area (Å²) < 4.78 is 0. The average Bonchev–Trinajstić information content (AvgIpc) is 2.25. The van der Waals surface area contributed by atoms with Gasteiger partial charge in [-0.3, -0.25) is 0 Å². The average molecular weight is 218 g/mol. The summed E-state index contributed by atoms with van der Waals surface area (Å²) in [6.07, 6.45) is 1.61. The number of urea groups is 2.